The Labute approximate surface area is 109 Å². The summed E-state index contributed by atoms with van der Waals surface area (Å²) in [4.78, 5) is 24.6. The molecule has 0 bridgehead atoms. The number of hydrogen-bond donors (Lipinski definition) is 2. The molecule has 2 amide bonds. The predicted octanol–water partition coefficient (Wildman–Crippen LogP) is 0.145. The molecule has 1 heterocycles. The summed E-state index contributed by atoms with van der Waals surface area (Å²) in [5, 5.41) is 5.75. The van der Waals surface area contributed by atoms with Crippen LogP contribution in [0.4, 0.5) is 0 Å². The highest BCUT2D eigenvalue weighted by molar-refractivity contribution is 5.85. The molecule has 0 spiro atoms. The molecule has 0 aromatic heterocycles. The van der Waals surface area contributed by atoms with Gasteiger partial charge in [-0.3, -0.25) is 9.59 Å². The SMILES string of the molecule is CNC(=O)CCCN(C)C(=O)C1CCCN1.Cl. The van der Waals surface area contributed by atoms with Crippen LogP contribution in [0.15, 0.2) is 0 Å². The minimum atomic E-state index is -0.00926. The van der Waals surface area contributed by atoms with E-state index in [1.807, 2.05) is 0 Å². The van der Waals surface area contributed by atoms with Gasteiger partial charge in [-0.1, -0.05) is 0 Å². The van der Waals surface area contributed by atoms with Crippen molar-refractivity contribution in [2.75, 3.05) is 27.2 Å². The van der Waals surface area contributed by atoms with E-state index >= 15 is 0 Å². The first kappa shape index (κ1) is 16.2. The second-order valence-corrected chi connectivity index (χ2v) is 4.19. The first-order chi connectivity index (χ1) is 7.65. The number of rotatable bonds is 5. The number of halogens is 1. The fourth-order valence-corrected chi connectivity index (χ4v) is 1.87. The smallest absolute Gasteiger partial charge is 0.239 e. The molecule has 1 unspecified atom stereocenters. The quantitative estimate of drug-likeness (QED) is 0.742. The predicted molar refractivity (Wildman–Crippen MR) is 69.2 cm³/mol. The fourth-order valence-electron chi connectivity index (χ4n) is 1.87. The van der Waals surface area contributed by atoms with Crippen LogP contribution in [0.1, 0.15) is 25.7 Å². The molecule has 0 aliphatic carbocycles. The van der Waals surface area contributed by atoms with Crippen LogP contribution >= 0.6 is 12.4 Å². The van der Waals surface area contributed by atoms with Crippen molar-refractivity contribution >= 4 is 24.2 Å². The lowest BCUT2D eigenvalue weighted by Crippen LogP contribution is -2.42. The van der Waals surface area contributed by atoms with Crippen molar-refractivity contribution in [1.29, 1.82) is 0 Å². The van der Waals surface area contributed by atoms with E-state index in [1.54, 1.807) is 19.0 Å². The summed E-state index contributed by atoms with van der Waals surface area (Å²) in [6.45, 7) is 1.58. The van der Waals surface area contributed by atoms with Gasteiger partial charge in [-0.25, -0.2) is 0 Å². The summed E-state index contributed by atoms with van der Waals surface area (Å²) in [6.07, 6.45) is 3.20. The van der Waals surface area contributed by atoms with Crippen LogP contribution in [-0.4, -0.2) is 49.9 Å². The summed E-state index contributed by atoms with van der Waals surface area (Å²) in [5.74, 6) is 0.175. The average Bonchev–Trinajstić information content (AvgIpc) is 2.81. The van der Waals surface area contributed by atoms with Gasteiger partial charge in [-0.05, 0) is 25.8 Å². The maximum atomic E-state index is 11.9. The third kappa shape index (κ3) is 5.37. The normalized spacial score (nSPS) is 18.4. The molecular weight excluding hydrogens is 242 g/mol. The molecule has 1 saturated heterocycles. The number of likely N-dealkylation sites (N-methyl/N-ethyl adjacent to an activating group) is 1. The van der Waals surface area contributed by atoms with E-state index in [-0.39, 0.29) is 30.3 Å². The maximum Gasteiger partial charge on any atom is 0.239 e. The van der Waals surface area contributed by atoms with Gasteiger partial charge in [0, 0.05) is 27.1 Å². The van der Waals surface area contributed by atoms with E-state index in [1.165, 1.54) is 0 Å². The highest BCUT2D eigenvalue weighted by Gasteiger charge is 2.24. The Morgan fingerprint density at radius 2 is 2.18 bits per heavy atom. The first-order valence-electron chi connectivity index (χ1n) is 5.84. The number of hydrogen-bond acceptors (Lipinski definition) is 3. The van der Waals surface area contributed by atoms with Gasteiger partial charge in [0.15, 0.2) is 0 Å². The van der Waals surface area contributed by atoms with Gasteiger partial charge in [-0.15, -0.1) is 12.4 Å². The zero-order valence-corrected chi connectivity index (χ0v) is 11.3. The highest BCUT2D eigenvalue weighted by Crippen LogP contribution is 2.08. The standard InChI is InChI=1S/C11H21N3O2.ClH/c1-12-10(15)6-4-8-14(2)11(16)9-5-3-7-13-9;/h9,13H,3-8H2,1-2H3,(H,12,15);1H. The molecular formula is C11H22ClN3O2. The summed E-state index contributed by atoms with van der Waals surface area (Å²) in [6, 6.07) is -0.00926. The summed E-state index contributed by atoms with van der Waals surface area (Å²) < 4.78 is 0. The van der Waals surface area contributed by atoms with Crippen molar-refractivity contribution in [3.05, 3.63) is 0 Å². The van der Waals surface area contributed by atoms with Gasteiger partial charge >= 0.3 is 0 Å². The number of nitrogens with zero attached hydrogens (tertiary/aromatic N) is 1. The van der Waals surface area contributed by atoms with E-state index in [4.69, 9.17) is 0 Å². The average molecular weight is 264 g/mol. The summed E-state index contributed by atoms with van der Waals surface area (Å²) >= 11 is 0. The molecule has 1 atom stereocenters. The van der Waals surface area contributed by atoms with Crippen molar-refractivity contribution in [3.8, 4) is 0 Å². The van der Waals surface area contributed by atoms with Crippen LogP contribution in [0.5, 0.6) is 0 Å². The molecule has 0 saturated carbocycles. The zero-order valence-electron chi connectivity index (χ0n) is 10.5. The van der Waals surface area contributed by atoms with E-state index in [0.29, 0.717) is 19.4 Å². The third-order valence-corrected chi connectivity index (χ3v) is 2.91. The van der Waals surface area contributed by atoms with Crippen molar-refractivity contribution in [2.45, 2.75) is 31.7 Å². The van der Waals surface area contributed by atoms with E-state index in [2.05, 4.69) is 10.6 Å². The monoisotopic (exact) mass is 263 g/mol. The molecule has 0 aromatic rings. The molecule has 100 valence electrons. The minimum Gasteiger partial charge on any atom is -0.359 e. The largest absolute Gasteiger partial charge is 0.359 e. The van der Waals surface area contributed by atoms with Crippen molar-refractivity contribution in [2.24, 2.45) is 0 Å². The number of carbonyl (C=O) groups excluding carboxylic acids is 2. The summed E-state index contributed by atoms with van der Waals surface area (Å²) in [7, 11) is 3.42. The van der Waals surface area contributed by atoms with Crippen LogP contribution in [-0.2, 0) is 9.59 Å². The molecule has 1 fully saturated rings. The molecule has 2 N–H and O–H groups in total. The lowest BCUT2D eigenvalue weighted by Gasteiger charge is -2.20. The van der Waals surface area contributed by atoms with E-state index in [9.17, 15) is 9.59 Å². The maximum absolute atomic E-state index is 11.9. The van der Waals surface area contributed by atoms with Crippen LogP contribution < -0.4 is 10.6 Å². The Morgan fingerprint density at radius 3 is 2.71 bits per heavy atom. The Kier molecular flexibility index (Phi) is 7.91. The van der Waals surface area contributed by atoms with Gasteiger partial charge < -0.3 is 15.5 Å². The van der Waals surface area contributed by atoms with E-state index in [0.717, 1.165) is 19.4 Å². The Morgan fingerprint density at radius 1 is 1.47 bits per heavy atom. The molecule has 1 rings (SSSR count). The number of carbonyl (C=O) groups is 2. The van der Waals surface area contributed by atoms with E-state index < -0.39 is 0 Å². The van der Waals surface area contributed by atoms with Crippen molar-refractivity contribution < 1.29 is 9.59 Å². The van der Waals surface area contributed by atoms with Crippen LogP contribution in [0, 0.1) is 0 Å². The van der Waals surface area contributed by atoms with Gasteiger partial charge in [-0.2, -0.15) is 0 Å². The zero-order chi connectivity index (χ0) is 12.0. The van der Waals surface area contributed by atoms with Crippen LogP contribution in [0.2, 0.25) is 0 Å². The van der Waals surface area contributed by atoms with Gasteiger partial charge in [0.25, 0.3) is 0 Å². The first-order valence-corrected chi connectivity index (χ1v) is 5.84. The molecule has 1 aliphatic rings. The second kappa shape index (κ2) is 8.31. The van der Waals surface area contributed by atoms with Crippen molar-refractivity contribution in [1.82, 2.24) is 15.5 Å². The minimum absolute atomic E-state index is 0. The van der Waals surface area contributed by atoms with Crippen LogP contribution in [0.3, 0.4) is 0 Å². The summed E-state index contributed by atoms with van der Waals surface area (Å²) in [5.41, 5.74) is 0. The lowest BCUT2D eigenvalue weighted by atomic mass is 10.2. The second-order valence-electron chi connectivity index (χ2n) is 4.19. The number of nitrogens with one attached hydrogen (secondary N) is 2. The third-order valence-electron chi connectivity index (χ3n) is 2.91. The molecule has 6 heteroatoms. The Bertz CT molecular complexity index is 255. The Balaban J connectivity index is 0.00000256. The number of amides is 2. The fraction of sp³-hybridized carbons (Fsp3) is 0.818. The molecule has 17 heavy (non-hydrogen) atoms. The molecule has 0 aromatic carbocycles. The van der Waals surface area contributed by atoms with Gasteiger partial charge in [0.1, 0.15) is 0 Å². The Hall–Kier alpha value is -0.810. The topological polar surface area (TPSA) is 61.4 Å². The molecule has 1 aliphatic heterocycles. The highest BCUT2D eigenvalue weighted by atomic mass is 35.5. The van der Waals surface area contributed by atoms with Crippen molar-refractivity contribution in [3.63, 3.8) is 0 Å². The molecule has 5 nitrogen and oxygen atoms in total. The van der Waals surface area contributed by atoms with Crippen LogP contribution in [0.25, 0.3) is 0 Å². The molecule has 0 radical (unpaired) electrons. The van der Waals surface area contributed by atoms with Gasteiger partial charge in [0.2, 0.25) is 11.8 Å². The lowest BCUT2D eigenvalue weighted by molar-refractivity contribution is -0.132. The van der Waals surface area contributed by atoms with Gasteiger partial charge in [0.05, 0.1) is 6.04 Å².